The fraction of sp³-hybridized carbons (Fsp3) is 0.500. The van der Waals surface area contributed by atoms with Crippen molar-refractivity contribution in [1.29, 1.82) is 5.26 Å². The standard InChI is InChI=1S/C28H36N8O3/c1-19-17-24(35-15-13-34(2)14-16-35)25-26(30-19)33-27(32-25)31-23(7-10-29)20-5-4-6-22(18-20)39-21-8-11-36(12-9-21)28(37)38-3/h4-6,17-18,21,23H,7-9,11-16H2,1-3H3,(H2,30,31,32,33)/t23-/m1/s1. The molecular formula is C28H36N8O3. The van der Waals surface area contributed by atoms with Crippen LogP contribution in [0.3, 0.4) is 0 Å². The van der Waals surface area contributed by atoms with Crippen LogP contribution in [0.2, 0.25) is 0 Å². The Bertz CT molecular complexity index is 1340. The number of piperidine rings is 1. The average molecular weight is 533 g/mol. The summed E-state index contributed by atoms with van der Waals surface area (Å²) in [4.78, 5) is 31.0. The Morgan fingerprint density at radius 1 is 1.18 bits per heavy atom. The summed E-state index contributed by atoms with van der Waals surface area (Å²) in [6.45, 7) is 7.11. The number of anilines is 2. The van der Waals surface area contributed by atoms with Crippen LogP contribution in [0, 0.1) is 18.3 Å². The molecule has 5 rings (SSSR count). The number of nitrogens with one attached hydrogen (secondary N) is 2. The fourth-order valence-corrected chi connectivity index (χ4v) is 5.25. The van der Waals surface area contributed by atoms with Crippen molar-refractivity contribution in [1.82, 2.24) is 24.8 Å². The van der Waals surface area contributed by atoms with E-state index in [-0.39, 0.29) is 24.7 Å². The summed E-state index contributed by atoms with van der Waals surface area (Å²) in [5.74, 6) is 1.33. The monoisotopic (exact) mass is 532 g/mol. The molecule has 4 heterocycles. The van der Waals surface area contributed by atoms with Crippen LogP contribution in [-0.2, 0) is 4.74 Å². The van der Waals surface area contributed by atoms with Crippen LogP contribution in [0.15, 0.2) is 30.3 Å². The van der Waals surface area contributed by atoms with Gasteiger partial charge in [-0.2, -0.15) is 10.2 Å². The van der Waals surface area contributed by atoms with Crippen molar-refractivity contribution >= 4 is 28.9 Å². The number of aryl methyl sites for hydroxylation is 1. The van der Waals surface area contributed by atoms with Crippen molar-refractivity contribution in [2.24, 2.45) is 0 Å². The topological polar surface area (TPSA) is 123 Å². The molecule has 0 radical (unpaired) electrons. The van der Waals surface area contributed by atoms with E-state index in [1.807, 2.05) is 31.2 Å². The van der Waals surface area contributed by atoms with E-state index >= 15 is 0 Å². The van der Waals surface area contributed by atoms with Crippen LogP contribution in [0.25, 0.3) is 11.2 Å². The molecule has 2 aliphatic heterocycles. The predicted octanol–water partition coefficient (Wildman–Crippen LogP) is 3.69. The molecule has 1 atom stereocenters. The van der Waals surface area contributed by atoms with Crippen molar-refractivity contribution in [2.45, 2.75) is 38.3 Å². The van der Waals surface area contributed by atoms with Gasteiger partial charge in [0.1, 0.15) is 17.4 Å². The van der Waals surface area contributed by atoms with Crippen LogP contribution in [0.5, 0.6) is 5.75 Å². The van der Waals surface area contributed by atoms with Gasteiger partial charge in [-0.3, -0.25) is 0 Å². The predicted molar refractivity (Wildman–Crippen MR) is 149 cm³/mol. The van der Waals surface area contributed by atoms with E-state index in [9.17, 15) is 10.1 Å². The quantitative estimate of drug-likeness (QED) is 0.469. The Hall–Kier alpha value is -4.04. The van der Waals surface area contributed by atoms with E-state index < -0.39 is 0 Å². The number of ether oxygens (including phenoxy) is 2. The maximum Gasteiger partial charge on any atom is 0.409 e. The van der Waals surface area contributed by atoms with E-state index in [0.29, 0.717) is 24.7 Å². The van der Waals surface area contributed by atoms with Gasteiger partial charge in [0.25, 0.3) is 0 Å². The molecule has 11 nitrogen and oxygen atoms in total. The Labute approximate surface area is 228 Å². The average Bonchev–Trinajstić information content (AvgIpc) is 3.35. The van der Waals surface area contributed by atoms with Crippen LogP contribution in [0.4, 0.5) is 16.4 Å². The number of hydrogen-bond acceptors (Lipinski definition) is 9. The molecular weight excluding hydrogens is 496 g/mol. The molecule has 2 N–H and O–H groups in total. The SMILES string of the molecule is COC(=O)N1CCC(Oc2cccc([C@@H](CC#N)Nc3nc4nc(C)cc(N5CCN(C)CC5)c4[nH]3)c2)CC1. The number of pyridine rings is 1. The number of aromatic amines is 1. The number of H-pyrrole nitrogens is 1. The highest BCUT2D eigenvalue weighted by Gasteiger charge is 2.25. The van der Waals surface area contributed by atoms with Gasteiger partial charge < -0.3 is 34.5 Å². The van der Waals surface area contributed by atoms with Crippen LogP contribution >= 0.6 is 0 Å². The third-order valence-electron chi connectivity index (χ3n) is 7.46. The number of imidazole rings is 1. The van der Waals surface area contributed by atoms with Crippen LogP contribution in [-0.4, -0.2) is 90.4 Å². The number of amides is 1. The van der Waals surface area contributed by atoms with Crippen molar-refractivity contribution < 1.29 is 14.3 Å². The third-order valence-corrected chi connectivity index (χ3v) is 7.46. The molecule has 1 amide bonds. The smallest absolute Gasteiger partial charge is 0.409 e. The maximum atomic E-state index is 11.8. The molecule has 0 aliphatic carbocycles. The second-order valence-corrected chi connectivity index (χ2v) is 10.3. The van der Waals surface area contributed by atoms with Gasteiger partial charge in [0.15, 0.2) is 5.65 Å². The number of aromatic nitrogens is 3. The second kappa shape index (κ2) is 11.8. The van der Waals surface area contributed by atoms with Gasteiger partial charge in [-0.15, -0.1) is 0 Å². The van der Waals surface area contributed by atoms with Crippen molar-refractivity contribution in [2.75, 3.05) is 63.6 Å². The molecule has 2 aliphatic rings. The fourth-order valence-electron chi connectivity index (χ4n) is 5.25. The number of carbonyl (C=O) groups excluding carboxylic acids is 1. The van der Waals surface area contributed by atoms with Gasteiger partial charge in [0.2, 0.25) is 5.95 Å². The third kappa shape index (κ3) is 6.17. The normalized spacial score (nSPS) is 17.6. The zero-order valence-corrected chi connectivity index (χ0v) is 22.8. The van der Waals surface area contributed by atoms with Crippen molar-refractivity contribution in [3.63, 3.8) is 0 Å². The summed E-state index contributed by atoms with van der Waals surface area (Å²) in [5, 5.41) is 13.0. The lowest BCUT2D eigenvalue weighted by molar-refractivity contribution is 0.0790. The number of methoxy groups -OCH3 is 1. The number of benzene rings is 1. The summed E-state index contributed by atoms with van der Waals surface area (Å²) in [7, 11) is 3.55. The second-order valence-electron chi connectivity index (χ2n) is 10.3. The number of likely N-dealkylation sites (N-methyl/N-ethyl adjacent to an activating group) is 1. The highest BCUT2D eigenvalue weighted by Crippen LogP contribution is 2.30. The molecule has 2 fully saturated rings. The summed E-state index contributed by atoms with van der Waals surface area (Å²) < 4.78 is 11.1. The number of fused-ring (bicyclic) bond motifs is 1. The van der Waals surface area contributed by atoms with E-state index in [1.54, 1.807) is 4.90 Å². The lowest BCUT2D eigenvalue weighted by Crippen LogP contribution is -2.44. The Morgan fingerprint density at radius 2 is 1.95 bits per heavy atom. The molecule has 2 saturated heterocycles. The summed E-state index contributed by atoms with van der Waals surface area (Å²) in [6, 6.07) is 12.0. The zero-order valence-electron chi connectivity index (χ0n) is 22.8. The molecule has 0 bridgehead atoms. The first-order chi connectivity index (χ1) is 18.9. The van der Waals surface area contributed by atoms with Crippen molar-refractivity contribution in [3.05, 3.63) is 41.6 Å². The summed E-state index contributed by atoms with van der Waals surface area (Å²) in [6.07, 6.45) is 1.45. The number of hydrogen-bond donors (Lipinski definition) is 2. The Kier molecular flexibility index (Phi) is 8.02. The van der Waals surface area contributed by atoms with Gasteiger partial charge in [-0.05, 0) is 37.7 Å². The summed E-state index contributed by atoms with van der Waals surface area (Å²) in [5.41, 5.74) is 4.53. The number of rotatable bonds is 7. The van der Waals surface area contributed by atoms with Crippen molar-refractivity contribution in [3.8, 4) is 11.8 Å². The lowest BCUT2D eigenvalue weighted by atomic mass is 10.0. The minimum atomic E-state index is -0.299. The van der Waals surface area contributed by atoms with Gasteiger partial charge in [0, 0.05) is 57.8 Å². The number of likely N-dealkylation sites (tertiary alicyclic amines) is 1. The minimum absolute atomic E-state index is 0.0150. The van der Waals surface area contributed by atoms with Crippen LogP contribution in [0.1, 0.15) is 36.6 Å². The number of nitriles is 1. The molecule has 11 heteroatoms. The molecule has 1 aromatic carbocycles. The molecule has 3 aromatic rings. The van der Waals surface area contributed by atoms with Gasteiger partial charge >= 0.3 is 6.09 Å². The van der Waals surface area contributed by atoms with Crippen LogP contribution < -0.4 is 15.0 Å². The zero-order chi connectivity index (χ0) is 27.4. The number of piperazine rings is 1. The molecule has 0 spiro atoms. The molecule has 0 unspecified atom stereocenters. The van der Waals surface area contributed by atoms with Gasteiger partial charge in [-0.1, -0.05) is 12.1 Å². The van der Waals surface area contributed by atoms with E-state index in [0.717, 1.165) is 67.2 Å². The lowest BCUT2D eigenvalue weighted by Gasteiger charge is -2.34. The maximum absolute atomic E-state index is 11.8. The Balaban J connectivity index is 1.31. The molecule has 2 aromatic heterocycles. The number of carbonyl (C=O) groups is 1. The first-order valence-corrected chi connectivity index (χ1v) is 13.5. The Morgan fingerprint density at radius 3 is 2.67 bits per heavy atom. The van der Waals surface area contributed by atoms with Gasteiger partial charge in [-0.25, -0.2) is 9.78 Å². The summed E-state index contributed by atoms with van der Waals surface area (Å²) >= 11 is 0. The van der Waals surface area contributed by atoms with E-state index in [1.165, 1.54) is 7.11 Å². The molecule has 0 saturated carbocycles. The molecule has 39 heavy (non-hydrogen) atoms. The first-order valence-electron chi connectivity index (χ1n) is 13.5. The highest BCUT2D eigenvalue weighted by atomic mass is 16.5. The first kappa shape index (κ1) is 26.6. The van der Waals surface area contributed by atoms with E-state index in [4.69, 9.17) is 14.5 Å². The molecule has 206 valence electrons. The largest absolute Gasteiger partial charge is 0.490 e. The highest BCUT2D eigenvalue weighted by molar-refractivity contribution is 5.88. The number of nitrogens with zero attached hydrogens (tertiary/aromatic N) is 6. The van der Waals surface area contributed by atoms with Gasteiger partial charge in [0.05, 0.1) is 31.3 Å². The minimum Gasteiger partial charge on any atom is -0.490 e. The van der Waals surface area contributed by atoms with E-state index in [2.05, 4.69) is 44.3 Å².